The van der Waals surface area contributed by atoms with Crippen LogP contribution in [0.25, 0.3) is 0 Å². The average Bonchev–Trinajstić information content (AvgIpc) is 3.33. The van der Waals surface area contributed by atoms with E-state index < -0.39 is 29.7 Å². The summed E-state index contributed by atoms with van der Waals surface area (Å²) in [7, 11) is 0. The molecule has 0 aliphatic carbocycles. The Kier molecular flexibility index (Phi) is 10.7. The van der Waals surface area contributed by atoms with Crippen molar-refractivity contribution in [3.8, 4) is 11.8 Å². The largest absolute Gasteiger partial charge is 0.490 e. The maximum atomic E-state index is 13.5. The van der Waals surface area contributed by atoms with Gasteiger partial charge in [0.2, 0.25) is 11.8 Å². The number of imide groups is 2. The van der Waals surface area contributed by atoms with Crippen LogP contribution in [-0.4, -0.2) is 115 Å². The predicted molar refractivity (Wildman–Crippen MR) is 209 cm³/mol. The molecule has 1 unspecified atom stereocenters. The van der Waals surface area contributed by atoms with E-state index in [-0.39, 0.29) is 24.9 Å². The van der Waals surface area contributed by atoms with Gasteiger partial charge in [0.05, 0.1) is 21.7 Å². The zero-order valence-corrected chi connectivity index (χ0v) is 31.9. The molecule has 5 aliphatic heterocycles. The number of hydrogen-bond donors (Lipinski definition) is 1. The first kappa shape index (κ1) is 37.5. The molecule has 8 rings (SSSR count). The fraction of sp³-hybridized carbons (Fsp3) is 0.429. The van der Waals surface area contributed by atoms with Crippen molar-refractivity contribution < 1.29 is 28.7 Å². The number of fused-ring (bicyclic) bond motifs is 1. The Morgan fingerprint density at radius 1 is 0.750 bits per heavy atom. The molecular weight excluding hydrogens is 734 g/mol. The number of nitrogens with zero attached hydrogens (tertiary/aromatic N) is 6. The van der Waals surface area contributed by atoms with Gasteiger partial charge >= 0.3 is 0 Å². The first-order valence-electron chi connectivity index (χ1n) is 19.5. The van der Waals surface area contributed by atoms with E-state index in [0.29, 0.717) is 52.2 Å². The molecule has 5 amide bonds. The highest BCUT2D eigenvalue weighted by Gasteiger charge is 2.45. The Balaban J connectivity index is 0.796. The lowest BCUT2D eigenvalue weighted by molar-refractivity contribution is -0.136. The fourth-order valence-electron chi connectivity index (χ4n) is 8.73. The maximum Gasteiger partial charge on any atom is 0.262 e. The Hall–Kier alpha value is -5.45. The fourth-order valence-corrected chi connectivity index (χ4v) is 8.94. The number of piperidine rings is 2. The summed E-state index contributed by atoms with van der Waals surface area (Å²) in [5.74, 6) is -1.31. The van der Waals surface area contributed by atoms with Crippen molar-refractivity contribution in [2.24, 2.45) is 0 Å². The number of anilines is 2. The van der Waals surface area contributed by atoms with Gasteiger partial charge in [0, 0.05) is 94.2 Å². The van der Waals surface area contributed by atoms with Gasteiger partial charge in [-0.25, -0.2) is 0 Å². The average molecular weight is 778 g/mol. The smallest absolute Gasteiger partial charge is 0.262 e. The summed E-state index contributed by atoms with van der Waals surface area (Å²) in [5, 5.41) is 11.7. The van der Waals surface area contributed by atoms with Crippen molar-refractivity contribution >= 4 is 52.5 Å². The van der Waals surface area contributed by atoms with Crippen LogP contribution < -0.4 is 19.9 Å². The van der Waals surface area contributed by atoms with E-state index in [1.165, 1.54) is 0 Å². The van der Waals surface area contributed by atoms with Crippen molar-refractivity contribution in [3.63, 3.8) is 0 Å². The normalized spacial score (nSPS) is 22.4. The van der Waals surface area contributed by atoms with Crippen LogP contribution in [0.3, 0.4) is 0 Å². The van der Waals surface area contributed by atoms with Crippen LogP contribution in [0.2, 0.25) is 5.02 Å². The summed E-state index contributed by atoms with van der Waals surface area (Å²) in [6.07, 6.45) is 4.67. The molecule has 2 atom stereocenters. The number of piperazine rings is 1. The van der Waals surface area contributed by atoms with Crippen LogP contribution in [0.4, 0.5) is 11.4 Å². The highest BCUT2D eigenvalue weighted by molar-refractivity contribution is 6.31. The molecule has 13 nitrogen and oxygen atoms in total. The molecule has 0 saturated carbocycles. The number of nitrogens with one attached hydrogen (secondary N) is 1. The first-order valence-corrected chi connectivity index (χ1v) is 19.9. The van der Waals surface area contributed by atoms with Crippen LogP contribution in [0, 0.1) is 11.3 Å². The van der Waals surface area contributed by atoms with Crippen molar-refractivity contribution in [3.05, 3.63) is 87.9 Å². The molecular formula is C42H44ClN7O6. The van der Waals surface area contributed by atoms with Crippen LogP contribution in [0.15, 0.2) is 60.7 Å². The third-order valence-corrected chi connectivity index (χ3v) is 12.2. The molecule has 1 N–H and O–H groups in total. The van der Waals surface area contributed by atoms with Gasteiger partial charge in [0.1, 0.15) is 24.0 Å². The number of rotatable bonds is 7. The zero-order chi connectivity index (χ0) is 38.9. The monoisotopic (exact) mass is 777 g/mol. The summed E-state index contributed by atoms with van der Waals surface area (Å²) in [6.45, 7) is 6.52. The van der Waals surface area contributed by atoms with Gasteiger partial charge in [0.25, 0.3) is 17.7 Å². The Morgan fingerprint density at radius 2 is 1.46 bits per heavy atom. The van der Waals surface area contributed by atoms with E-state index in [2.05, 4.69) is 38.2 Å². The van der Waals surface area contributed by atoms with Gasteiger partial charge in [-0.15, -0.1) is 0 Å². The molecule has 0 aromatic heterocycles. The van der Waals surface area contributed by atoms with Crippen molar-refractivity contribution in [1.82, 2.24) is 20.0 Å². The molecule has 0 bridgehead atoms. The molecule has 14 heteroatoms. The highest BCUT2D eigenvalue weighted by Crippen LogP contribution is 2.32. The molecule has 3 aromatic rings. The third kappa shape index (κ3) is 7.55. The number of carbonyl (C=O) groups excluding carboxylic acids is 5. The van der Waals surface area contributed by atoms with Gasteiger partial charge in [-0.3, -0.25) is 39.1 Å². The van der Waals surface area contributed by atoms with Gasteiger partial charge in [0.15, 0.2) is 0 Å². The number of amides is 5. The number of benzene rings is 3. The van der Waals surface area contributed by atoms with Crippen LogP contribution in [0.5, 0.6) is 5.75 Å². The van der Waals surface area contributed by atoms with E-state index in [4.69, 9.17) is 21.6 Å². The minimum absolute atomic E-state index is 0.0302. The molecule has 290 valence electrons. The number of carbonyl (C=O) groups is 5. The van der Waals surface area contributed by atoms with Gasteiger partial charge in [-0.1, -0.05) is 11.6 Å². The van der Waals surface area contributed by atoms with Crippen LogP contribution in [-0.2, 0) is 9.59 Å². The molecule has 0 radical (unpaired) electrons. The number of hydrogen-bond acceptors (Lipinski definition) is 10. The quantitative estimate of drug-likeness (QED) is 0.341. The number of halogens is 1. The first-order chi connectivity index (χ1) is 27.2. The molecule has 4 fully saturated rings. The van der Waals surface area contributed by atoms with Crippen LogP contribution >= 0.6 is 11.6 Å². The molecule has 0 spiro atoms. The summed E-state index contributed by atoms with van der Waals surface area (Å²) in [5.41, 5.74) is 3.70. The van der Waals surface area contributed by atoms with E-state index in [9.17, 15) is 24.0 Å². The van der Waals surface area contributed by atoms with Crippen LogP contribution in [0.1, 0.15) is 81.6 Å². The zero-order valence-electron chi connectivity index (χ0n) is 31.1. The lowest BCUT2D eigenvalue weighted by Gasteiger charge is -2.44. The number of ether oxygens (including phenoxy) is 1. The Labute approximate surface area is 330 Å². The lowest BCUT2D eigenvalue weighted by Crippen LogP contribution is -2.54. The summed E-state index contributed by atoms with van der Waals surface area (Å²) < 4.78 is 6.17. The number of likely N-dealkylation sites (tertiary alicyclic amines) is 1. The number of nitriles is 1. The maximum absolute atomic E-state index is 13.5. The van der Waals surface area contributed by atoms with Crippen molar-refractivity contribution in [1.29, 1.82) is 5.26 Å². The topological polar surface area (TPSA) is 147 Å². The summed E-state index contributed by atoms with van der Waals surface area (Å²) in [4.78, 5) is 74.1. The summed E-state index contributed by atoms with van der Waals surface area (Å²) >= 11 is 6.19. The molecule has 56 heavy (non-hydrogen) atoms. The van der Waals surface area contributed by atoms with Gasteiger partial charge in [-0.2, -0.15) is 5.26 Å². The van der Waals surface area contributed by atoms with E-state index in [0.717, 1.165) is 87.6 Å². The highest BCUT2D eigenvalue weighted by atomic mass is 35.5. The van der Waals surface area contributed by atoms with Gasteiger partial charge < -0.3 is 19.4 Å². The summed E-state index contributed by atoms with van der Waals surface area (Å²) in [6, 6.07) is 20.0. The second-order valence-corrected chi connectivity index (χ2v) is 15.6. The minimum atomic E-state index is -0.975. The van der Waals surface area contributed by atoms with E-state index in [1.54, 1.807) is 30.3 Å². The SMILES string of the molecule is N#Cc1ccc(O[C@@H]2CCCN(C(=O)c3ccc(N4CCC(N5CCN(c6ccc7c(c6)C(=O)N(C6CCC(=O)NC6=O)C7=O)CC5)CC4)cc3)CC2)cc1Cl. The Morgan fingerprint density at radius 3 is 2.18 bits per heavy atom. The Bertz CT molecular complexity index is 2090. The van der Waals surface area contributed by atoms with Crippen molar-refractivity contribution in [2.75, 3.05) is 62.2 Å². The van der Waals surface area contributed by atoms with Gasteiger partial charge in [-0.05, 0) is 86.7 Å². The van der Waals surface area contributed by atoms with E-state index >= 15 is 0 Å². The predicted octanol–water partition coefficient (Wildman–Crippen LogP) is 4.48. The molecule has 4 saturated heterocycles. The lowest BCUT2D eigenvalue weighted by atomic mass is 10.0. The second-order valence-electron chi connectivity index (χ2n) is 15.2. The third-order valence-electron chi connectivity index (χ3n) is 11.9. The molecule has 3 aromatic carbocycles. The molecule has 5 aliphatic rings. The standard InChI is InChI=1S/C42H44ClN7O6/c43-36-25-33(9-5-28(36)26-44)56-32-2-1-16-49(19-15-32)40(53)27-3-6-29(7-4-27)46-17-13-30(14-18-46)47-20-22-48(23-21-47)31-8-10-34-35(24-31)42(55)50(41(34)54)37-11-12-38(51)45-39(37)52/h3-10,24-25,30,32,37H,1-2,11-23H2,(H,45,51,52)/t32-,37?/m1/s1. The van der Waals surface area contributed by atoms with E-state index in [1.807, 2.05) is 23.1 Å². The van der Waals surface area contributed by atoms with Crippen molar-refractivity contribution in [2.45, 2.75) is 63.1 Å². The second kappa shape index (κ2) is 16.0. The molecule has 5 heterocycles. The minimum Gasteiger partial charge on any atom is -0.490 e.